The Labute approximate surface area is 142 Å². The molecule has 2 aromatic heterocycles. The lowest BCUT2D eigenvalue weighted by Crippen LogP contribution is -2.25. The van der Waals surface area contributed by atoms with E-state index in [4.69, 9.17) is 5.26 Å². The molecule has 0 fully saturated rings. The van der Waals surface area contributed by atoms with Gasteiger partial charge in [-0.3, -0.25) is 9.36 Å². The highest BCUT2D eigenvalue weighted by molar-refractivity contribution is 7.17. The van der Waals surface area contributed by atoms with Gasteiger partial charge >= 0.3 is 0 Å². The van der Waals surface area contributed by atoms with Crippen LogP contribution in [0.3, 0.4) is 0 Å². The molecule has 0 N–H and O–H groups in total. The molecule has 122 valence electrons. The Morgan fingerprint density at radius 1 is 1.33 bits per heavy atom. The van der Waals surface area contributed by atoms with Crippen molar-refractivity contribution >= 4 is 21.6 Å². The quantitative estimate of drug-likeness (QED) is 0.656. The average molecular weight is 341 g/mol. The first-order valence-electron chi connectivity index (χ1n) is 7.79. The molecule has 6 heteroatoms. The molecule has 3 aromatic rings. The molecule has 24 heavy (non-hydrogen) atoms. The number of aromatic nitrogens is 2. The molecule has 0 aliphatic rings. The van der Waals surface area contributed by atoms with Gasteiger partial charge in [0.05, 0.1) is 11.5 Å². The standard InChI is InChI=1S/C18H16FN3OS/c1-2-15-21-17-16(18(23)22(15)10-4-3-9-20)14(11-24-17)12-5-7-13(19)8-6-12/h5-8,11H,2-4,10H2,1H3. The number of thiophene rings is 1. The fourth-order valence-corrected chi connectivity index (χ4v) is 3.68. The minimum absolute atomic E-state index is 0.0876. The molecule has 4 nitrogen and oxygen atoms in total. The van der Waals surface area contributed by atoms with Crippen molar-refractivity contribution < 1.29 is 4.39 Å². The number of rotatable bonds is 5. The highest BCUT2D eigenvalue weighted by Gasteiger charge is 2.16. The predicted octanol–water partition coefficient (Wildman–Crippen LogP) is 4.13. The summed E-state index contributed by atoms with van der Waals surface area (Å²) < 4.78 is 14.8. The van der Waals surface area contributed by atoms with Crippen molar-refractivity contribution in [1.29, 1.82) is 5.26 Å². The Kier molecular flexibility index (Phi) is 4.72. The predicted molar refractivity (Wildman–Crippen MR) is 93.5 cm³/mol. The zero-order valence-corrected chi connectivity index (χ0v) is 14.1. The third-order valence-corrected chi connectivity index (χ3v) is 4.79. The normalized spacial score (nSPS) is 10.9. The van der Waals surface area contributed by atoms with Crippen LogP contribution in [0.2, 0.25) is 0 Å². The summed E-state index contributed by atoms with van der Waals surface area (Å²) in [4.78, 5) is 18.3. The second kappa shape index (κ2) is 6.93. The van der Waals surface area contributed by atoms with Crippen LogP contribution in [0.1, 0.15) is 25.6 Å². The molecule has 0 spiro atoms. The van der Waals surface area contributed by atoms with Crippen molar-refractivity contribution in [3.8, 4) is 17.2 Å². The highest BCUT2D eigenvalue weighted by atomic mass is 32.1. The van der Waals surface area contributed by atoms with Crippen LogP contribution in [0.25, 0.3) is 21.3 Å². The first kappa shape index (κ1) is 16.3. The van der Waals surface area contributed by atoms with E-state index in [0.29, 0.717) is 36.0 Å². The van der Waals surface area contributed by atoms with Crippen molar-refractivity contribution in [2.24, 2.45) is 0 Å². The molecule has 0 aliphatic heterocycles. The number of hydrogen-bond acceptors (Lipinski definition) is 4. The molecule has 0 amide bonds. The van der Waals surface area contributed by atoms with E-state index < -0.39 is 0 Å². The summed E-state index contributed by atoms with van der Waals surface area (Å²) in [5, 5.41) is 11.2. The molecular formula is C18H16FN3OS. The molecular weight excluding hydrogens is 325 g/mol. The van der Waals surface area contributed by atoms with Gasteiger partial charge in [0.2, 0.25) is 0 Å². The van der Waals surface area contributed by atoms with Crippen molar-refractivity contribution in [1.82, 2.24) is 9.55 Å². The minimum atomic E-state index is -0.307. The molecule has 0 atom stereocenters. The van der Waals surface area contributed by atoms with Crippen molar-refractivity contribution in [3.63, 3.8) is 0 Å². The second-order valence-corrected chi connectivity index (χ2v) is 6.29. The third kappa shape index (κ3) is 2.95. The van der Waals surface area contributed by atoms with Gasteiger partial charge in [-0.2, -0.15) is 5.26 Å². The number of nitrogens with zero attached hydrogens (tertiary/aromatic N) is 3. The number of unbranched alkanes of at least 4 members (excludes halogenated alkanes) is 1. The number of nitriles is 1. The average Bonchev–Trinajstić information content (AvgIpc) is 3.01. The Morgan fingerprint density at radius 2 is 2.08 bits per heavy atom. The molecule has 0 bridgehead atoms. The summed E-state index contributed by atoms with van der Waals surface area (Å²) in [6.07, 6.45) is 1.68. The Hall–Kier alpha value is -2.52. The smallest absolute Gasteiger partial charge is 0.262 e. The van der Waals surface area contributed by atoms with Crippen LogP contribution >= 0.6 is 11.3 Å². The molecule has 0 unspecified atom stereocenters. The number of fused-ring (bicyclic) bond motifs is 1. The van der Waals surface area contributed by atoms with Crippen LogP contribution in [0.4, 0.5) is 4.39 Å². The Bertz CT molecular complexity index is 967. The highest BCUT2D eigenvalue weighted by Crippen LogP contribution is 2.31. The summed E-state index contributed by atoms with van der Waals surface area (Å²) >= 11 is 1.42. The van der Waals surface area contributed by atoms with Gasteiger partial charge in [-0.1, -0.05) is 19.1 Å². The number of hydrogen-bond donors (Lipinski definition) is 0. The summed E-state index contributed by atoms with van der Waals surface area (Å²) in [5.74, 6) is 0.427. The van der Waals surface area contributed by atoms with Crippen molar-refractivity contribution in [2.75, 3.05) is 0 Å². The van der Waals surface area contributed by atoms with E-state index in [9.17, 15) is 9.18 Å². The van der Waals surface area contributed by atoms with Crippen LogP contribution in [0.15, 0.2) is 34.4 Å². The Balaban J connectivity index is 2.17. The molecule has 3 rings (SSSR count). The zero-order chi connectivity index (χ0) is 17.1. The van der Waals surface area contributed by atoms with Gasteiger partial charge in [-0.15, -0.1) is 11.3 Å². The molecule has 1 aromatic carbocycles. The third-order valence-electron chi connectivity index (χ3n) is 3.91. The van der Waals surface area contributed by atoms with E-state index in [-0.39, 0.29) is 11.4 Å². The first-order valence-corrected chi connectivity index (χ1v) is 8.67. The summed E-state index contributed by atoms with van der Waals surface area (Å²) in [5.41, 5.74) is 1.49. The van der Waals surface area contributed by atoms with Crippen LogP contribution in [0, 0.1) is 17.1 Å². The van der Waals surface area contributed by atoms with Gasteiger partial charge in [0.25, 0.3) is 5.56 Å². The van der Waals surface area contributed by atoms with E-state index >= 15 is 0 Å². The Morgan fingerprint density at radius 3 is 2.75 bits per heavy atom. The lowest BCUT2D eigenvalue weighted by atomic mass is 10.1. The van der Waals surface area contributed by atoms with Gasteiger partial charge in [0.15, 0.2) is 0 Å². The number of aryl methyl sites for hydroxylation is 1. The first-order chi connectivity index (χ1) is 11.7. The van der Waals surface area contributed by atoms with Crippen LogP contribution in [0.5, 0.6) is 0 Å². The van der Waals surface area contributed by atoms with Crippen LogP contribution < -0.4 is 5.56 Å². The maximum absolute atomic E-state index is 13.2. The lowest BCUT2D eigenvalue weighted by Gasteiger charge is -2.11. The van der Waals surface area contributed by atoms with Gasteiger partial charge < -0.3 is 0 Å². The zero-order valence-electron chi connectivity index (χ0n) is 13.3. The topological polar surface area (TPSA) is 58.7 Å². The van der Waals surface area contributed by atoms with Crippen molar-refractivity contribution in [3.05, 3.63) is 51.6 Å². The largest absolute Gasteiger partial charge is 0.296 e. The summed E-state index contributed by atoms with van der Waals surface area (Å²) in [7, 11) is 0. The molecule has 0 saturated heterocycles. The van der Waals surface area contributed by atoms with Gasteiger partial charge in [0.1, 0.15) is 16.5 Å². The van der Waals surface area contributed by atoms with E-state index in [1.807, 2.05) is 12.3 Å². The van der Waals surface area contributed by atoms with Crippen LogP contribution in [-0.4, -0.2) is 9.55 Å². The summed E-state index contributed by atoms with van der Waals surface area (Å²) in [6, 6.07) is 8.22. The SMILES string of the molecule is CCc1nc2scc(-c3ccc(F)cc3)c2c(=O)n1CCCC#N. The maximum Gasteiger partial charge on any atom is 0.262 e. The molecule has 2 heterocycles. The van der Waals surface area contributed by atoms with E-state index in [1.165, 1.54) is 23.5 Å². The number of benzene rings is 1. The summed E-state index contributed by atoms with van der Waals surface area (Å²) in [6.45, 7) is 2.44. The maximum atomic E-state index is 13.2. The molecule has 0 saturated carbocycles. The lowest BCUT2D eigenvalue weighted by molar-refractivity contribution is 0.594. The van der Waals surface area contributed by atoms with Gasteiger partial charge in [0, 0.05) is 30.3 Å². The second-order valence-electron chi connectivity index (χ2n) is 5.44. The van der Waals surface area contributed by atoms with Crippen LogP contribution in [-0.2, 0) is 13.0 Å². The van der Waals surface area contributed by atoms with E-state index in [2.05, 4.69) is 11.1 Å². The van der Waals surface area contributed by atoms with Gasteiger partial charge in [-0.05, 0) is 24.1 Å². The van der Waals surface area contributed by atoms with E-state index in [1.54, 1.807) is 16.7 Å². The minimum Gasteiger partial charge on any atom is -0.296 e. The van der Waals surface area contributed by atoms with Gasteiger partial charge in [-0.25, -0.2) is 9.37 Å². The molecule has 0 aliphatic carbocycles. The fourth-order valence-electron chi connectivity index (χ4n) is 2.73. The van der Waals surface area contributed by atoms with Crippen molar-refractivity contribution in [2.45, 2.75) is 32.7 Å². The number of halogens is 1. The fraction of sp³-hybridized carbons (Fsp3) is 0.278. The monoisotopic (exact) mass is 341 g/mol. The van der Waals surface area contributed by atoms with E-state index in [0.717, 1.165) is 17.0 Å². The molecule has 0 radical (unpaired) electrons.